The summed E-state index contributed by atoms with van der Waals surface area (Å²) in [6, 6.07) is 0. The fourth-order valence-corrected chi connectivity index (χ4v) is 1.12. The van der Waals surface area contributed by atoms with Crippen molar-refractivity contribution in [1.82, 2.24) is 0 Å². The lowest BCUT2D eigenvalue weighted by Gasteiger charge is -2.07. The lowest BCUT2D eigenvalue weighted by Crippen LogP contribution is -2.16. The maximum atomic E-state index is 11.0. The second kappa shape index (κ2) is 7.39. The van der Waals surface area contributed by atoms with Crippen LogP contribution in [0.1, 0.15) is 12.8 Å². The van der Waals surface area contributed by atoms with E-state index in [1.165, 1.54) is 7.11 Å². The van der Waals surface area contributed by atoms with Crippen molar-refractivity contribution in [3.8, 4) is 0 Å². The summed E-state index contributed by atoms with van der Waals surface area (Å²) < 4.78 is 8.98. The maximum Gasteiger partial charge on any atom is 0.332 e. The largest absolute Gasteiger partial charge is 0.478 e. The molecule has 0 rings (SSSR count). The first-order chi connectivity index (χ1) is 7.93. The molecule has 0 saturated carbocycles. The van der Waals surface area contributed by atoms with Gasteiger partial charge in [0.25, 0.3) is 0 Å². The molecular weight excluding hydrogens is 232 g/mol. The zero-order valence-corrected chi connectivity index (χ0v) is 9.56. The highest BCUT2D eigenvalue weighted by molar-refractivity contribution is 6.01. The van der Waals surface area contributed by atoms with Gasteiger partial charge in [-0.25, -0.2) is 9.59 Å². The Bertz CT molecular complexity index is 343. The van der Waals surface area contributed by atoms with Crippen molar-refractivity contribution in [2.24, 2.45) is 0 Å². The van der Waals surface area contributed by atoms with E-state index in [4.69, 9.17) is 10.2 Å². The van der Waals surface area contributed by atoms with Crippen molar-refractivity contribution >= 4 is 17.9 Å². The van der Waals surface area contributed by atoms with Crippen LogP contribution in [0.4, 0.5) is 0 Å². The minimum atomic E-state index is -1.45. The van der Waals surface area contributed by atoms with Crippen molar-refractivity contribution in [2.75, 3.05) is 20.8 Å². The Balaban J connectivity index is 5.19. The SMILES string of the molecule is COCC/C(C(=O)O)=C(/CC(=O)OC)C(=O)O. The van der Waals surface area contributed by atoms with Crippen LogP contribution in [0.25, 0.3) is 0 Å². The zero-order valence-electron chi connectivity index (χ0n) is 9.56. The van der Waals surface area contributed by atoms with E-state index in [0.29, 0.717) is 0 Å². The molecule has 0 aromatic heterocycles. The van der Waals surface area contributed by atoms with Crippen LogP contribution >= 0.6 is 0 Å². The summed E-state index contributed by atoms with van der Waals surface area (Å²) in [5.41, 5.74) is -0.842. The Labute approximate surface area is 97.6 Å². The summed E-state index contributed by atoms with van der Waals surface area (Å²) >= 11 is 0. The van der Waals surface area contributed by atoms with E-state index >= 15 is 0 Å². The van der Waals surface area contributed by atoms with Crippen LogP contribution in [0.2, 0.25) is 0 Å². The van der Waals surface area contributed by atoms with Crippen molar-refractivity contribution < 1.29 is 34.1 Å². The molecule has 0 spiro atoms. The zero-order chi connectivity index (χ0) is 13.4. The Hall–Kier alpha value is -1.89. The Kier molecular flexibility index (Phi) is 6.57. The Morgan fingerprint density at radius 1 is 1.00 bits per heavy atom. The molecule has 0 aliphatic carbocycles. The Morgan fingerprint density at radius 2 is 1.53 bits per heavy atom. The number of carbonyl (C=O) groups is 3. The topological polar surface area (TPSA) is 110 Å². The summed E-state index contributed by atoms with van der Waals surface area (Å²) in [4.78, 5) is 32.8. The van der Waals surface area contributed by atoms with Crippen LogP contribution in [-0.2, 0) is 23.9 Å². The number of hydrogen-bond acceptors (Lipinski definition) is 5. The summed E-state index contributed by atoms with van der Waals surface area (Å²) in [6.45, 7) is 0.0551. The van der Waals surface area contributed by atoms with E-state index in [0.717, 1.165) is 7.11 Å². The third-order valence-corrected chi connectivity index (χ3v) is 1.99. The summed E-state index contributed by atoms with van der Waals surface area (Å²) in [5, 5.41) is 17.7. The van der Waals surface area contributed by atoms with Gasteiger partial charge in [-0.1, -0.05) is 0 Å². The lowest BCUT2D eigenvalue weighted by atomic mass is 10.0. The second-order valence-electron chi connectivity index (χ2n) is 3.06. The highest BCUT2D eigenvalue weighted by atomic mass is 16.5. The minimum absolute atomic E-state index is 0.0551. The molecule has 0 bridgehead atoms. The Morgan fingerprint density at radius 3 is 1.88 bits per heavy atom. The number of aliphatic carboxylic acids is 2. The highest BCUT2D eigenvalue weighted by Gasteiger charge is 2.22. The fourth-order valence-electron chi connectivity index (χ4n) is 1.12. The number of carboxylic acid groups (broad SMARTS) is 2. The van der Waals surface area contributed by atoms with Crippen LogP contribution in [0.15, 0.2) is 11.1 Å². The van der Waals surface area contributed by atoms with Gasteiger partial charge in [0.05, 0.1) is 31.3 Å². The summed E-state index contributed by atoms with van der Waals surface area (Å²) in [7, 11) is 2.46. The first-order valence-corrected chi connectivity index (χ1v) is 4.68. The van der Waals surface area contributed by atoms with E-state index in [9.17, 15) is 14.4 Å². The number of ether oxygens (including phenoxy) is 2. The predicted octanol–water partition coefficient (Wildman–Crippen LogP) is 0.0518. The van der Waals surface area contributed by atoms with Crippen molar-refractivity contribution in [3.05, 3.63) is 11.1 Å². The maximum absolute atomic E-state index is 11.0. The second-order valence-corrected chi connectivity index (χ2v) is 3.06. The molecule has 0 fully saturated rings. The third kappa shape index (κ3) is 5.12. The summed E-state index contributed by atoms with van der Waals surface area (Å²) in [6.07, 6.45) is -0.679. The lowest BCUT2D eigenvalue weighted by molar-refractivity contribution is -0.142. The number of hydrogen-bond donors (Lipinski definition) is 2. The van der Waals surface area contributed by atoms with E-state index in [2.05, 4.69) is 9.47 Å². The number of rotatable bonds is 7. The predicted molar refractivity (Wildman–Crippen MR) is 55.4 cm³/mol. The molecule has 7 heteroatoms. The normalized spacial score (nSPS) is 11.6. The molecule has 0 aliphatic rings. The van der Waals surface area contributed by atoms with Crippen LogP contribution in [0.5, 0.6) is 0 Å². The molecule has 7 nitrogen and oxygen atoms in total. The van der Waals surface area contributed by atoms with Gasteiger partial charge in [0.2, 0.25) is 0 Å². The van der Waals surface area contributed by atoms with Crippen LogP contribution in [-0.4, -0.2) is 48.9 Å². The molecule has 0 saturated heterocycles. The molecule has 0 radical (unpaired) electrons. The average Bonchev–Trinajstić information content (AvgIpc) is 2.26. The molecule has 0 heterocycles. The average molecular weight is 246 g/mol. The smallest absolute Gasteiger partial charge is 0.332 e. The van der Waals surface area contributed by atoms with Crippen molar-refractivity contribution in [2.45, 2.75) is 12.8 Å². The van der Waals surface area contributed by atoms with E-state index in [1.807, 2.05) is 0 Å². The van der Waals surface area contributed by atoms with Crippen LogP contribution in [0, 0.1) is 0 Å². The number of carbonyl (C=O) groups excluding carboxylic acids is 1. The van der Waals surface area contributed by atoms with Gasteiger partial charge < -0.3 is 19.7 Å². The quantitative estimate of drug-likeness (QED) is 0.482. The fraction of sp³-hybridized carbons (Fsp3) is 0.500. The molecule has 0 aliphatic heterocycles. The van der Waals surface area contributed by atoms with Gasteiger partial charge in [-0.3, -0.25) is 4.79 Å². The number of carboxylic acids is 2. The van der Waals surface area contributed by atoms with Gasteiger partial charge in [0.1, 0.15) is 0 Å². The van der Waals surface area contributed by atoms with Gasteiger partial charge in [0, 0.05) is 13.5 Å². The van der Waals surface area contributed by atoms with Gasteiger partial charge in [-0.05, 0) is 0 Å². The summed E-state index contributed by atoms with van der Waals surface area (Å²) in [5.74, 6) is -3.65. The molecule has 96 valence electrons. The first-order valence-electron chi connectivity index (χ1n) is 4.68. The van der Waals surface area contributed by atoms with Crippen LogP contribution < -0.4 is 0 Å². The standard InChI is InChI=1S/C10H14O7/c1-16-4-3-6(9(12)13)7(10(14)15)5-8(11)17-2/h3-5H2,1-2H3,(H,12,13)(H,14,15)/b7-6+. The van der Waals surface area contributed by atoms with Gasteiger partial charge in [-0.15, -0.1) is 0 Å². The monoisotopic (exact) mass is 246 g/mol. The van der Waals surface area contributed by atoms with Crippen molar-refractivity contribution in [1.29, 1.82) is 0 Å². The number of esters is 1. The molecule has 0 atom stereocenters. The third-order valence-electron chi connectivity index (χ3n) is 1.99. The first kappa shape index (κ1) is 15.1. The molecular formula is C10H14O7. The highest BCUT2D eigenvalue weighted by Crippen LogP contribution is 2.14. The molecule has 0 amide bonds. The molecule has 0 aromatic carbocycles. The van der Waals surface area contributed by atoms with E-state index in [1.54, 1.807) is 0 Å². The van der Waals surface area contributed by atoms with E-state index < -0.39 is 29.9 Å². The minimum Gasteiger partial charge on any atom is -0.478 e. The van der Waals surface area contributed by atoms with E-state index in [-0.39, 0.29) is 18.6 Å². The van der Waals surface area contributed by atoms with Crippen LogP contribution in [0.3, 0.4) is 0 Å². The molecule has 0 aromatic rings. The molecule has 17 heavy (non-hydrogen) atoms. The molecule has 2 N–H and O–H groups in total. The van der Waals surface area contributed by atoms with Gasteiger partial charge in [0.15, 0.2) is 0 Å². The van der Waals surface area contributed by atoms with Crippen molar-refractivity contribution in [3.63, 3.8) is 0 Å². The number of methoxy groups -OCH3 is 2. The van der Waals surface area contributed by atoms with Gasteiger partial charge in [-0.2, -0.15) is 0 Å². The molecule has 0 unspecified atom stereocenters. The van der Waals surface area contributed by atoms with Gasteiger partial charge >= 0.3 is 17.9 Å².